The van der Waals surface area contributed by atoms with Crippen molar-refractivity contribution >= 4 is 35.1 Å². The summed E-state index contributed by atoms with van der Waals surface area (Å²) in [4.78, 5) is 27.9. The van der Waals surface area contributed by atoms with Gasteiger partial charge in [-0.1, -0.05) is 37.6 Å². The topological polar surface area (TPSA) is 55.4 Å². The largest absolute Gasteiger partial charge is 0.463 e. The van der Waals surface area contributed by atoms with Crippen molar-refractivity contribution in [2.45, 2.75) is 71.0 Å². The third-order valence-electron chi connectivity index (χ3n) is 6.98. The van der Waals surface area contributed by atoms with Crippen LogP contribution in [0.1, 0.15) is 68.7 Å². The number of carbonyl (C=O) groups excluding carboxylic acids is 2. The Kier molecular flexibility index (Phi) is 7.72. The maximum absolute atomic E-state index is 13.6. The average molecular weight is 524 g/mol. The Balaban J connectivity index is 1.81. The molecule has 190 valence electrons. The van der Waals surface area contributed by atoms with Crippen molar-refractivity contribution < 1.29 is 14.3 Å². The van der Waals surface area contributed by atoms with Crippen LogP contribution in [0.25, 0.3) is 0 Å². The van der Waals surface area contributed by atoms with E-state index in [2.05, 4.69) is 45.1 Å². The SMILES string of the molecule is CCOC(=O)C1=C(C)NC2=C(C(=O)CC(C)(C)C2)[C@H]1c1cc(CSc2ccc(Cl)cc2)c(C)cc1C. The number of halogens is 1. The van der Waals surface area contributed by atoms with Crippen molar-refractivity contribution in [1.29, 1.82) is 0 Å². The van der Waals surface area contributed by atoms with Crippen molar-refractivity contribution in [2.75, 3.05) is 6.61 Å². The van der Waals surface area contributed by atoms with E-state index >= 15 is 0 Å². The van der Waals surface area contributed by atoms with Crippen molar-refractivity contribution in [3.63, 3.8) is 0 Å². The molecule has 2 aromatic carbocycles. The monoisotopic (exact) mass is 523 g/mol. The van der Waals surface area contributed by atoms with Gasteiger partial charge < -0.3 is 10.1 Å². The second-order valence-electron chi connectivity index (χ2n) is 10.5. The summed E-state index contributed by atoms with van der Waals surface area (Å²) in [7, 11) is 0. The fourth-order valence-corrected chi connectivity index (χ4v) is 6.39. The van der Waals surface area contributed by atoms with Gasteiger partial charge in [0.05, 0.1) is 12.2 Å². The zero-order valence-electron chi connectivity index (χ0n) is 21.9. The molecule has 0 saturated carbocycles. The fraction of sp³-hybridized carbons (Fsp3) is 0.400. The van der Waals surface area contributed by atoms with E-state index in [-0.39, 0.29) is 23.8 Å². The van der Waals surface area contributed by atoms with Crippen LogP contribution >= 0.6 is 23.4 Å². The van der Waals surface area contributed by atoms with Crippen LogP contribution in [0.15, 0.2) is 63.8 Å². The average Bonchev–Trinajstić information content (AvgIpc) is 2.78. The molecule has 0 spiro atoms. The van der Waals surface area contributed by atoms with E-state index in [1.807, 2.05) is 31.2 Å². The van der Waals surface area contributed by atoms with Crippen molar-refractivity contribution in [3.8, 4) is 0 Å². The van der Waals surface area contributed by atoms with Gasteiger partial charge in [-0.3, -0.25) is 4.79 Å². The van der Waals surface area contributed by atoms with Gasteiger partial charge in [0.15, 0.2) is 5.78 Å². The van der Waals surface area contributed by atoms with Gasteiger partial charge in [0.1, 0.15) is 0 Å². The van der Waals surface area contributed by atoms with Crippen LogP contribution in [0, 0.1) is 19.3 Å². The van der Waals surface area contributed by atoms with Crippen LogP contribution in [-0.2, 0) is 20.1 Å². The zero-order chi connectivity index (χ0) is 26.2. The van der Waals surface area contributed by atoms with Crippen LogP contribution < -0.4 is 5.32 Å². The predicted octanol–water partition coefficient (Wildman–Crippen LogP) is 7.42. The van der Waals surface area contributed by atoms with Crippen LogP contribution in [0.3, 0.4) is 0 Å². The van der Waals surface area contributed by atoms with Crippen molar-refractivity contribution in [1.82, 2.24) is 5.32 Å². The van der Waals surface area contributed by atoms with Crippen molar-refractivity contribution in [2.24, 2.45) is 5.41 Å². The number of hydrogen-bond donors (Lipinski definition) is 1. The minimum atomic E-state index is -0.441. The van der Waals surface area contributed by atoms with E-state index in [4.69, 9.17) is 16.3 Å². The Morgan fingerprint density at radius 3 is 2.47 bits per heavy atom. The summed E-state index contributed by atoms with van der Waals surface area (Å²) in [5, 5.41) is 4.13. The zero-order valence-corrected chi connectivity index (χ0v) is 23.5. The summed E-state index contributed by atoms with van der Waals surface area (Å²) in [5.74, 6) is 0.0680. The van der Waals surface area contributed by atoms with Crippen LogP contribution in [0.5, 0.6) is 0 Å². The lowest BCUT2D eigenvalue weighted by Gasteiger charge is -2.40. The number of allylic oxidation sites excluding steroid dienone is 3. The van der Waals surface area contributed by atoms with Gasteiger partial charge in [-0.2, -0.15) is 0 Å². The highest BCUT2D eigenvalue weighted by molar-refractivity contribution is 7.98. The summed E-state index contributed by atoms with van der Waals surface area (Å²) >= 11 is 7.79. The number of esters is 1. The third kappa shape index (κ3) is 5.42. The highest BCUT2D eigenvalue weighted by Crippen LogP contribution is 2.48. The van der Waals surface area contributed by atoms with E-state index in [1.54, 1.807) is 18.7 Å². The van der Waals surface area contributed by atoms with Crippen LogP contribution in [0.4, 0.5) is 0 Å². The van der Waals surface area contributed by atoms with Gasteiger partial charge >= 0.3 is 5.97 Å². The molecule has 1 N–H and O–H groups in total. The summed E-state index contributed by atoms with van der Waals surface area (Å²) in [6, 6.07) is 12.2. The standard InChI is InChI=1S/C30H34ClNO3S/c1-7-35-29(34)26-19(4)32-24-14-30(5,6)15-25(33)28(24)27(26)23-13-20(17(2)12-18(23)3)16-36-22-10-8-21(31)9-11-22/h8-13,27,32H,7,14-16H2,1-6H3/t27-/m0/s1. The van der Waals surface area contributed by atoms with E-state index in [1.165, 1.54) is 11.1 Å². The van der Waals surface area contributed by atoms with E-state index in [0.29, 0.717) is 17.6 Å². The van der Waals surface area contributed by atoms with Crippen molar-refractivity contribution in [3.05, 3.63) is 86.2 Å². The minimum absolute atomic E-state index is 0.102. The number of rotatable bonds is 6. The van der Waals surface area contributed by atoms with E-state index < -0.39 is 5.92 Å². The van der Waals surface area contributed by atoms with E-state index in [9.17, 15) is 9.59 Å². The Morgan fingerprint density at radius 1 is 1.11 bits per heavy atom. The molecule has 2 aromatic rings. The highest BCUT2D eigenvalue weighted by atomic mass is 35.5. The predicted molar refractivity (Wildman–Crippen MR) is 147 cm³/mol. The molecule has 0 radical (unpaired) electrons. The normalized spacial score (nSPS) is 19.2. The minimum Gasteiger partial charge on any atom is -0.463 e. The number of ether oxygens (including phenoxy) is 1. The Morgan fingerprint density at radius 2 is 1.81 bits per heavy atom. The number of thioether (sulfide) groups is 1. The van der Waals surface area contributed by atoms with E-state index in [0.717, 1.165) is 44.6 Å². The molecule has 0 bridgehead atoms. The van der Waals surface area contributed by atoms with Gasteiger partial charge in [-0.15, -0.1) is 11.8 Å². The Bertz CT molecular complexity index is 1270. The quantitative estimate of drug-likeness (QED) is 0.315. The molecule has 4 rings (SSSR count). The third-order valence-corrected chi connectivity index (χ3v) is 8.29. The summed E-state index contributed by atoms with van der Waals surface area (Å²) < 4.78 is 5.48. The molecule has 0 amide bonds. The number of Topliss-reactive ketones (excluding diaryl/α,β-unsaturated/α-hetero) is 1. The molecule has 1 aliphatic carbocycles. The second kappa shape index (κ2) is 10.5. The molecule has 4 nitrogen and oxygen atoms in total. The highest BCUT2D eigenvalue weighted by Gasteiger charge is 2.43. The molecule has 1 aliphatic heterocycles. The maximum Gasteiger partial charge on any atom is 0.336 e. The van der Waals surface area contributed by atoms with Gasteiger partial charge in [-0.25, -0.2) is 4.79 Å². The lowest BCUT2D eigenvalue weighted by atomic mass is 9.68. The number of aryl methyl sites for hydroxylation is 2. The van der Waals surface area contributed by atoms with Gasteiger partial charge in [-0.05, 0) is 86.1 Å². The summed E-state index contributed by atoms with van der Waals surface area (Å²) in [6.07, 6.45) is 1.23. The summed E-state index contributed by atoms with van der Waals surface area (Å²) in [6.45, 7) is 12.4. The fourth-order valence-electron chi connectivity index (χ4n) is 5.30. The van der Waals surface area contributed by atoms with Gasteiger partial charge in [0.25, 0.3) is 0 Å². The maximum atomic E-state index is 13.6. The van der Waals surface area contributed by atoms with Gasteiger partial charge in [0, 0.05) is 45.0 Å². The molecule has 0 fully saturated rings. The number of dihydropyridines is 1. The molecule has 0 aromatic heterocycles. The first kappa shape index (κ1) is 26.6. The second-order valence-corrected chi connectivity index (χ2v) is 12.0. The molecule has 6 heteroatoms. The molecular formula is C30H34ClNO3S. The molecule has 1 atom stereocenters. The summed E-state index contributed by atoms with van der Waals surface area (Å²) in [5.41, 5.74) is 7.26. The Labute approximate surface area is 223 Å². The molecule has 2 aliphatic rings. The lowest BCUT2D eigenvalue weighted by molar-refractivity contribution is -0.138. The number of benzene rings is 2. The van der Waals surface area contributed by atoms with Crippen LogP contribution in [-0.4, -0.2) is 18.4 Å². The first-order valence-corrected chi connectivity index (χ1v) is 13.8. The molecule has 1 heterocycles. The molecular weight excluding hydrogens is 490 g/mol. The van der Waals surface area contributed by atoms with Crippen LogP contribution in [0.2, 0.25) is 5.02 Å². The van der Waals surface area contributed by atoms with Gasteiger partial charge in [0.2, 0.25) is 0 Å². The Hall–Kier alpha value is -2.50. The number of carbonyl (C=O) groups is 2. The molecule has 0 unspecified atom stereocenters. The first-order valence-electron chi connectivity index (χ1n) is 12.4. The smallest absolute Gasteiger partial charge is 0.336 e. The number of ketones is 1. The molecule has 36 heavy (non-hydrogen) atoms. The first-order chi connectivity index (χ1) is 17.0. The molecule has 0 saturated heterocycles. The number of nitrogens with one attached hydrogen (secondary N) is 1. The lowest BCUT2D eigenvalue weighted by Crippen LogP contribution is -2.39. The number of hydrogen-bond acceptors (Lipinski definition) is 5.